The predicted molar refractivity (Wildman–Crippen MR) is 204 cm³/mol. The van der Waals surface area contributed by atoms with Gasteiger partial charge in [0.05, 0.1) is 22.1 Å². The van der Waals surface area contributed by atoms with Gasteiger partial charge in [0.25, 0.3) is 0 Å². The summed E-state index contributed by atoms with van der Waals surface area (Å²) in [7, 11) is 0. The first-order valence-electron chi connectivity index (χ1n) is 17.3. The summed E-state index contributed by atoms with van der Waals surface area (Å²) in [6, 6.07) is 46.4. The van der Waals surface area contributed by atoms with Crippen molar-refractivity contribution in [1.29, 1.82) is 0 Å². The molecule has 0 saturated carbocycles. The first kappa shape index (κ1) is 26.9. The zero-order valence-corrected chi connectivity index (χ0v) is 26.9. The Morgan fingerprint density at radius 1 is 0.531 bits per heavy atom. The van der Waals surface area contributed by atoms with Crippen LogP contribution in [-0.4, -0.2) is 15.2 Å². The van der Waals surface area contributed by atoms with E-state index in [-0.39, 0.29) is 12.0 Å². The second kappa shape index (κ2) is 10.2. The fraction of sp³-hybridized carbons (Fsp3) is 0.0870. The van der Waals surface area contributed by atoms with Crippen LogP contribution in [-0.2, 0) is 0 Å². The number of ether oxygens (including phenoxy) is 1. The standard InChI is InChI=1S/C46H32N2O/c1-2-13-32(14-3-1)47-41-19-8-6-15-35(41)38-28-44-39(27-43(38)47)36-16-7-9-20-42(36)48(44)33-23-21-29(22-24-33)34-17-10-18-37-40-25-30-11-4-5-12-31(30)26-45(40)49-46(34)37/h1-21,23,25-28,37,46H,22,24H2. The molecule has 0 bridgehead atoms. The van der Waals surface area contributed by atoms with Crippen LogP contribution in [0.4, 0.5) is 0 Å². The average molecular weight is 629 g/mol. The van der Waals surface area contributed by atoms with Crippen molar-refractivity contribution in [3.63, 3.8) is 0 Å². The highest BCUT2D eigenvalue weighted by Gasteiger charge is 2.38. The minimum atomic E-state index is 0.0152. The van der Waals surface area contributed by atoms with Crippen molar-refractivity contribution in [3.05, 3.63) is 174 Å². The molecule has 11 rings (SSSR count). The monoisotopic (exact) mass is 628 g/mol. The van der Waals surface area contributed by atoms with Gasteiger partial charge in [-0.2, -0.15) is 0 Å². The Balaban J connectivity index is 1.04. The van der Waals surface area contributed by atoms with Crippen LogP contribution in [0.5, 0.6) is 5.75 Å². The van der Waals surface area contributed by atoms with E-state index in [2.05, 4.69) is 167 Å². The van der Waals surface area contributed by atoms with Gasteiger partial charge < -0.3 is 13.9 Å². The van der Waals surface area contributed by atoms with Gasteiger partial charge in [-0.05, 0) is 89.4 Å². The van der Waals surface area contributed by atoms with Gasteiger partial charge in [-0.25, -0.2) is 0 Å². The second-order valence-electron chi connectivity index (χ2n) is 13.6. The fourth-order valence-electron chi connectivity index (χ4n) is 8.75. The Bertz CT molecular complexity index is 2800. The maximum atomic E-state index is 6.72. The van der Waals surface area contributed by atoms with Crippen LogP contribution in [0.3, 0.4) is 0 Å². The van der Waals surface area contributed by atoms with Gasteiger partial charge in [-0.1, -0.05) is 103 Å². The predicted octanol–water partition coefficient (Wildman–Crippen LogP) is 11.6. The molecule has 3 aliphatic rings. The summed E-state index contributed by atoms with van der Waals surface area (Å²) in [5.74, 6) is 1.26. The minimum absolute atomic E-state index is 0.0152. The van der Waals surface area contributed by atoms with E-state index in [1.807, 2.05) is 0 Å². The number of benzene rings is 6. The molecule has 1 aliphatic heterocycles. The zero-order valence-electron chi connectivity index (χ0n) is 26.9. The van der Waals surface area contributed by atoms with Gasteiger partial charge in [0, 0.05) is 44.4 Å². The van der Waals surface area contributed by atoms with E-state index >= 15 is 0 Å². The summed E-state index contributed by atoms with van der Waals surface area (Å²) in [5, 5.41) is 7.62. The number of allylic oxidation sites excluding steroid dienone is 5. The number of nitrogens with zero attached hydrogens (tertiary/aromatic N) is 2. The zero-order chi connectivity index (χ0) is 32.1. The van der Waals surface area contributed by atoms with Gasteiger partial charge in [0.15, 0.2) is 0 Å². The van der Waals surface area contributed by atoms with E-state index in [4.69, 9.17) is 4.74 Å². The maximum Gasteiger partial charge on any atom is 0.134 e. The Kier molecular flexibility index (Phi) is 5.62. The van der Waals surface area contributed by atoms with E-state index in [0.717, 1.165) is 18.6 Å². The summed E-state index contributed by atoms with van der Waals surface area (Å²) >= 11 is 0. The highest BCUT2D eigenvalue weighted by molar-refractivity contribution is 6.19. The van der Waals surface area contributed by atoms with Crippen molar-refractivity contribution < 1.29 is 4.74 Å². The van der Waals surface area contributed by atoms with E-state index in [0.29, 0.717) is 0 Å². The molecule has 2 unspecified atom stereocenters. The van der Waals surface area contributed by atoms with Crippen LogP contribution in [0.1, 0.15) is 24.3 Å². The van der Waals surface area contributed by atoms with Crippen LogP contribution in [0.15, 0.2) is 169 Å². The van der Waals surface area contributed by atoms with Crippen LogP contribution >= 0.6 is 0 Å². The van der Waals surface area contributed by atoms with Gasteiger partial charge in [-0.15, -0.1) is 0 Å². The van der Waals surface area contributed by atoms with Crippen molar-refractivity contribution in [2.45, 2.75) is 24.9 Å². The Hall–Kier alpha value is -6.06. The van der Waals surface area contributed by atoms with Crippen molar-refractivity contribution in [2.24, 2.45) is 0 Å². The molecule has 0 saturated heterocycles. The molecule has 2 atom stereocenters. The molecule has 0 N–H and O–H groups in total. The molecule has 0 fully saturated rings. The van der Waals surface area contributed by atoms with Crippen molar-refractivity contribution in [1.82, 2.24) is 9.13 Å². The number of aromatic nitrogens is 2. The van der Waals surface area contributed by atoms with Crippen LogP contribution in [0.25, 0.3) is 65.8 Å². The SMILES string of the molecule is C1=CC2c3cc4ccccc4cc3OC2C(C2=CC=C(n3c4ccccc4c4cc5c(cc43)c3ccccc3n5-c3ccccc3)CC2)=C1. The highest BCUT2D eigenvalue weighted by Crippen LogP contribution is 2.48. The van der Waals surface area contributed by atoms with Crippen molar-refractivity contribution in [3.8, 4) is 11.4 Å². The van der Waals surface area contributed by atoms with Gasteiger partial charge in [0.2, 0.25) is 0 Å². The highest BCUT2D eigenvalue weighted by atomic mass is 16.5. The molecular weight excluding hydrogens is 597 g/mol. The topological polar surface area (TPSA) is 19.1 Å². The lowest BCUT2D eigenvalue weighted by molar-refractivity contribution is 0.257. The minimum Gasteiger partial charge on any atom is -0.484 e. The fourth-order valence-corrected chi connectivity index (χ4v) is 8.75. The number of rotatable bonds is 3. The number of hydrogen-bond acceptors (Lipinski definition) is 1. The first-order chi connectivity index (χ1) is 24.3. The van der Waals surface area contributed by atoms with E-state index < -0.39 is 0 Å². The maximum absolute atomic E-state index is 6.72. The number of fused-ring (bicyclic) bond motifs is 10. The molecule has 49 heavy (non-hydrogen) atoms. The third-order valence-corrected chi connectivity index (χ3v) is 11.0. The Morgan fingerprint density at radius 3 is 1.92 bits per heavy atom. The van der Waals surface area contributed by atoms with Crippen molar-refractivity contribution in [2.75, 3.05) is 0 Å². The third kappa shape index (κ3) is 3.90. The first-order valence-corrected chi connectivity index (χ1v) is 17.3. The largest absolute Gasteiger partial charge is 0.484 e. The Morgan fingerprint density at radius 2 is 1.18 bits per heavy atom. The smallest absolute Gasteiger partial charge is 0.134 e. The van der Waals surface area contributed by atoms with E-state index in [9.17, 15) is 0 Å². The number of hydrogen-bond donors (Lipinski definition) is 0. The molecule has 3 heteroatoms. The summed E-state index contributed by atoms with van der Waals surface area (Å²) < 4.78 is 11.6. The van der Waals surface area contributed by atoms with Crippen LogP contribution in [0.2, 0.25) is 0 Å². The summed E-state index contributed by atoms with van der Waals surface area (Å²) in [6.07, 6.45) is 13.5. The summed E-state index contributed by atoms with van der Waals surface area (Å²) in [5.41, 5.74) is 11.5. The number of para-hydroxylation sites is 3. The molecule has 3 nitrogen and oxygen atoms in total. The lowest BCUT2D eigenvalue weighted by Crippen LogP contribution is -2.24. The molecule has 0 spiro atoms. The summed E-state index contributed by atoms with van der Waals surface area (Å²) in [4.78, 5) is 0. The third-order valence-electron chi connectivity index (χ3n) is 11.0. The summed E-state index contributed by atoms with van der Waals surface area (Å²) in [6.45, 7) is 0. The molecule has 2 aromatic heterocycles. The second-order valence-corrected chi connectivity index (χ2v) is 13.6. The average Bonchev–Trinajstić information content (AvgIpc) is 3.80. The van der Waals surface area contributed by atoms with Gasteiger partial charge in [-0.3, -0.25) is 0 Å². The van der Waals surface area contributed by atoms with Gasteiger partial charge in [0.1, 0.15) is 11.9 Å². The molecule has 232 valence electrons. The lowest BCUT2D eigenvalue weighted by atomic mass is 9.81. The molecule has 0 amide bonds. The quantitative estimate of drug-likeness (QED) is 0.190. The molecule has 3 heterocycles. The normalized spacial score (nSPS) is 18.5. The van der Waals surface area contributed by atoms with E-state index in [1.165, 1.54) is 82.5 Å². The lowest BCUT2D eigenvalue weighted by Gasteiger charge is -2.26. The Labute approximate surface area is 284 Å². The molecule has 2 aliphatic carbocycles. The van der Waals surface area contributed by atoms with Crippen LogP contribution in [0, 0.1) is 0 Å². The molecule has 6 aromatic carbocycles. The van der Waals surface area contributed by atoms with Crippen molar-refractivity contribution >= 4 is 60.1 Å². The van der Waals surface area contributed by atoms with Crippen LogP contribution < -0.4 is 4.74 Å². The molecular formula is C46H32N2O. The molecule has 8 aromatic rings. The van der Waals surface area contributed by atoms with Gasteiger partial charge >= 0.3 is 0 Å². The molecule has 0 radical (unpaired) electrons. The van der Waals surface area contributed by atoms with E-state index in [1.54, 1.807) is 0 Å².